The molecule has 0 aliphatic carbocycles. The molecular formula is C24H23ClN2O7S. The summed E-state index contributed by atoms with van der Waals surface area (Å²) in [6, 6.07) is 16.4. The van der Waals surface area contributed by atoms with E-state index >= 15 is 0 Å². The Morgan fingerprint density at radius 2 is 1.66 bits per heavy atom. The standard InChI is InChI=1S/C24H23ClN2O7S/c1-32-17-10-12-21(22(14-17)33-2)27(35(30,31)18-7-5-4-6-8-18)15-23(28)26-20-13-16(24(29)34-3)9-11-19(20)25/h4-14H,15H2,1-3H3,(H,26,28). The lowest BCUT2D eigenvalue weighted by Gasteiger charge is -2.26. The molecule has 9 nitrogen and oxygen atoms in total. The molecule has 0 aliphatic heterocycles. The minimum absolute atomic E-state index is 0.0172. The van der Waals surface area contributed by atoms with Crippen molar-refractivity contribution in [1.29, 1.82) is 0 Å². The highest BCUT2D eigenvalue weighted by Gasteiger charge is 2.30. The minimum atomic E-state index is -4.18. The Kier molecular flexibility index (Phi) is 8.21. The van der Waals surface area contributed by atoms with Crippen molar-refractivity contribution >= 4 is 44.9 Å². The molecule has 0 fully saturated rings. The number of nitrogens with zero attached hydrogens (tertiary/aromatic N) is 1. The maximum atomic E-state index is 13.6. The summed E-state index contributed by atoms with van der Waals surface area (Å²) < 4.78 is 43.3. The molecule has 0 spiro atoms. The predicted octanol–water partition coefficient (Wildman–Crippen LogP) is 3.98. The SMILES string of the molecule is COC(=O)c1ccc(Cl)c(NC(=O)CN(c2ccc(OC)cc2OC)S(=O)(=O)c2ccccc2)c1. The first kappa shape index (κ1) is 25.9. The summed E-state index contributed by atoms with van der Waals surface area (Å²) in [7, 11) is -0.115. The van der Waals surface area contributed by atoms with Crippen LogP contribution in [0.15, 0.2) is 71.6 Å². The van der Waals surface area contributed by atoms with Crippen molar-refractivity contribution in [2.45, 2.75) is 4.90 Å². The van der Waals surface area contributed by atoms with E-state index in [2.05, 4.69) is 5.32 Å². The Labute approximate surface area is 208 Å². The highest BCUT2D eigenvalue weighted by atomic mass is 35.5. The smallest absolute Gasteiger partial charge is 0.337 e. The van der Waals surface area contributed by atoms with Crippen LogP contribution in [-0.2, 0) is 19.6 Å². The van der Waals surface area contributed by atoms with Gasteiger partial charge in [0.15, 0.2) is 0 Å². The number of halogens is 1. The lowest BCUT2D eigenvalue weighted by Crippen LogP contribution is -2.38. The van der Waals surface area contributed by atoms with Crippen LogP contribution < -0.4 is 19.1 Å². The van der Waals surface area contributed by atoms with Crippen LogP contribution in [0.25, 0.3) is 0 Å². The van der Waals surface area contributed by atoms with Gasteiger partial charge < -0.3 is 19.5 Å². The molecule has 35 heavy (non-hydrogen) atoms. The van der Waals surface area contributed by atoms with E-state index in [1.165, 1.54) is 63.8 Å². The summed E-state index contributed by atoms with van der Waals surface area (Å²) in [5, 5.41) is 2.72. The Morgan fingerprint density at radius 1 is 0.943 bits per heavy atom. The first-order valence-corrected chi connectivity index (χ1v) is 12.0. The third kappa shape index (κ3) is 5.84. The molecule has 1 amide bonds. The molecule has 3 aromatic carbocycles. The predicted molar refractivity (Wildman–Crippen MR) is 132 cm³/mol. The fraction of sp³-hybridized carbons (Fsp3) is 0.167. The second-order valence-electron chi connectivity index (χ2n) is 7.10. The molecule has 0 saturated carbocycles. The Hall–Kier alpha value is -3.76. The zero-order valence-electron chi connectivity index (χ0n) is 19.1. The number of anilines is 2. The van der Waals surface area contributed by atoms with E-state index in [9.17, 15) is 18.0 Å². The summed E-state index contributed by atoms with van der Waals surface area (Å²) >= 11 is 6.18. The normalized spacial score (nSPS) is 10.9. The van der Waals surface area contributed by atoms with Crippen LogP contribution in [-0.4, -0.2) is 48.2 Å². The maximum Gasteiger partial charge on any atom is 0.337 e. The molecule has 0 heterocycles. The van der Waals surface area contributed by atoms with Gasteiger partial charge in [0.1, 0.15) is 18.0 Å². The molecule has 0 bridgehead atoms. The average Bonchev–Trinajstić information content (AvgIpc) is 2.88. The molecule has 0 aromatic heterocycles. The lowest BCUT2D eigenvalue weighted by atomic mass is 10.2. The van der Waals surface area contributed by atoms with Crippen LogP contribution in [0.5, 0.6) is 11.5 Å². The number of hydrogen-bond donors (Lipinski definition) is 1. The summed E-state index contributed by atoms with van der Waals surface area (Å²) in [5.74, 6) is -0.694. The fourth-order valence-corrected chi connectivity index (χ4v) is 4.81. The maximum absolute atomic E-state index is 13.6. The van der Waals surface area contributed by atoms with Crippen LogP contribution >= 0.6 is 11.6 Å². The molecule has 0 radical (unpaired) electrons. The molecule has 0 atom stereocenters. The number of hydrogen-bond acceptors (Lipinski definition) is 7. The van der Waals surface area contributed by atoms with Gasteiger partial charge in [-0.25, -0.2) is 13.2 Å². The number of methoxy groups -OCH3 is 3. The van der Waals surface area contributed by atoms with Gasteiger partial charge in [-0.05, 0) is 42.5 Å². The molecule has 0 unspecified atom stereocenters. The van der Waals surface area contributed by atoms with E-state index in [1.807, 2.05) is 0 Å². The van der Waals surface area contributed by atoms with Crippen LogP contribution in [0.2, 0.25) is 5.02 Å². The van der Waals surface area contributed by atoms with Crippen LogP contribution in [0.1, 0.15) is 10.4 Å². The van der Waals surface area contributed by atoms with Crippen LogP contribution in [0.4, 0.5) is 11.4 Å². The van der Waals surface area contributed by atoms with Gasteiger partial charge in [-0.3, -0.25) is 9.10 Å². The van der Waals surface area contributed by atoms with Gasteiger partial charge in [-0.1, -0.05) is 29.8 Å². The highest BCUT2D eigenvalue weighted by Crippen LogP contribution is 2.35. The van der Waals surface area contributed by atoms with Gasteiger partial charge in [0, 0.05) is 6.07 Å². The number of carbonyl (C=O) groups is 2. The quantitative estimate of drug-likeness (QED) is 0.426. The van der Waals surface area contributed by atoms with Gasteiger partial charge in [-0.15, -0.1) is 0 Å². The number of sulfonamides is 1. The summed E-state index contributed by atoms with van der Waals surface area (Å²) in [5.41, 5.74) is 0.415. The monoisotopic (exact) mass is 518 g/mol. The average molecular weight is 519 g/mol. The Bertz CT molecular complexity index is 1330. The zero-order valence-corrected chi connectivity index (χ0v) is 20.7. The zero-order chi connectivity index (χ0) is 25.6. The number of esters is 1. The molecule has 3 rings (SSSR count). The second kappa shape index (κ2) is 11.1. The van der Waals surface area contributed by atoms with E-state index in [0.717, 1.165) is 4.31 Å². The van der Waals surface area contributed by atoms with Crippen molar-refractivity contribution in [3.05, 3.63) is 77.3 Å². The first-order chi connectivity index (χ1) is 16.7. The van der Waals surface area contributed by atoms with E-state index in [-0.39, 0.29) is 32.6 Å². The van der Waals surface area contributed by atoms with E-state index in [0.29, 0.717) is 5.75 Å². The Balaban J connectivity index is 2.01. The number of carbonyl (C=O) groups excluding carboxylic acids is 2. The van der Waals surface area contributed by atoms with E-state index < -0.39 is 28.4 Å². The van der Waals surface area contributed by atoms with Gasteiger partial charge in [0.05, 0.1) is 48.2 Å². The van der Waals surface area contributed by atoms with E-state index in [1.54, 1.807) is 24.3 Å². The number of amides is 1. The largest absolute Gasteiger partial charge is 0.497 e. The molecule has 0 aliphatic rings. The van der Waals surface area contributed by atoms with Crippen molar-refractivity contribution in [3.8, 4) is 11.5 Å². The molecular weight excluding hydrogens is 496 g/mol. The fourth-order valence-electron chi connectivity index (χ4n) is 3.20. The Morgan fingerprint density at radius 3 is 2.29 bits per heavy atom. The number of benzene rings is 3. The molecule has 184 valence electrons. The third-order valence-electron chi connectivity index (χ3n) is 4.94. The van der Waals surface area contributed by atoms with Gasteiger partial charge in [-0.2, -0.15) is 0 Å². The van der Waals surface area contributed by atoms with Crippen molar-refractivity contribution in [2.24, 2.45) is 0 Å². The second-order valence-corrected chi connectivity index (χ2v) is 9.37. The minimum Gasteiger partial charge on any atom is -0.497 e. The summed E-state index contributed by atoms with van der Waals surface area (Å²) in [4.78, 5) is 24.9. The van der Waals surface area contributed by atoms with Crippen molar-refractivity contribution in [2.75, 3.05) is 37.5 Å². The first-order valence-electron chi connectivity index (χ1n) is 10.2. The number of nitrogens with one attached hydrogen (secondary N) is 1. The number of ether oxygens (including phenoxy) is 3. The molecule has 0 saturated heterocycles. The summed E-state index contributed by atoms with van der Waals surface area (Å²) in [6.45, 7) is -0.612. The lowest BCUT2D eigenvalue weighted by molar-refractivity contribution is -0.114. The third-order valence-corrected chi connectivity index (χ3v) is 7.04. The molecule has 1 N–H and O–H groups in total. The topological polar surface area (TPSA) is 111 Å². The van der Waals surface area contributed by atoms with E-state index in [4.69, 9.17) is 25.8 Å². The highest BCUT2D eigenvalue weighted by molar-refractivity contribution is 7.92. The van der Waals surface area contributed by atoms with Crippen LogP contribution in [0, 0.1) is 0 Å². The summed E-state index contributed by atoms with van der Waals surface area (Å²) in [6.07, 6.45) is 0. The molecule has 11 heteroatoms. The van der Waals surface area contributed by atoms with Crippen LogP contribution in [0.3, 0.4) is 0 Å². The van der Waals surface area contributed by atoms with Crippen molar-refractivity contribution < 1.29 is 32.2 Å². The van der Waals surface area contributed by atoms with Gasteiger partial charge in [0.25, 0.3) is 10.0 Å². The van der Waals surface area contributed by atoms with Crippen molar-refractivity contribution in [1.82, 2.24) is 0 Å². The number of rotatable bonds is 9. The van der Waals surface area contributed by atoms with Crippen molar-refractivity contribution in [3.63, 3.8) is 0 Å². The van der Waals surface area contributed by atoms with Gasteiger partial charge >= 0.3 is 5.97 Å². The molecule has 3 aromatic rings. The van der Waals surface area contributed by atoms with Gasteiger partial charge in [0.2, 0.25) is 5.91 Å².